The molecule has 2 aliphatic carbocycles. The highest BCUT2D eigenvalue weighted by Gasteiger charge is 2.32. The van der Waals surface area contributed by atoms with E-state index in [9.17, 15) is 4.79 Å². The minimum atomic E-state index is -2.71. The molecule has 0 aliphatic heterocycles. The molecule has 88 valence electrons. The van der Waals surface area contributed by atoms with Crippen molar-refractivity contribution in [2.45, 2.75) is 25.6 Å². The lowest BCUT2D eigenvalue weighted by Crippen LogP contribution is -2.27. The quantitative estimate of drug-likeness (QED) is 0.821. The molecule has 0 radical (unpaired) electrons. The topological polar surface area (TPSA) is 43.1 Å². The van der Waals surface area contributed by atoms with Crippen LogP contribution in [0.25, 0.3) is 5.57 Å². The van der Waals surface area contributed by atoms with Gasteiger partial charge in [-0.25, -0.2) is 0 Å². The first-order chi connectivity index (χ1) is 10.0. The number of carbonyl (C=O) groups excluding carboxylic acids is 1. The zero-order valence-electron chi connectivity index (χ0n) is 14.0. The monoisotopic (exact) mass is 252 g/mol. The second kappa shape index (κ2) is 3.88. The molecule has 1 unspecified atom stereocenters. The van der Waals surface area contributed by atoms with Crippen LogP contribution in [0.4, 0.5) is 0 Å². The number of hydrogen-bond donors (Lipinski definition) is 1. The first-order valence-corrected chi connectivity index (χ1v) is 5.71. The van der Waals surface area contributed by atoms with Crippen LogP contribution in [0, 0.1) is 5.89 Å². The van der Waals surface area contributed by atoms with Gasteiger partial charge in [0.25, 0.3) is 0 Å². The van der Waals surface area contributed by atoms with Crippen LogP contribution in [0.2, 0.25) is 5.02 Å². The third kappa shape index (κ3) is 1.67. The third-order valence-electron chi connectivity index (χ3n) is 3.16. The standard InChI is InChI=1S/C14H14ClNO/c15-9-5-4-8-6-13-10(12(8)7-9)2-1-3-11(13)14(16)17/h4-5,7,11H,1-3,6H2,(H2,16,17)/i1D2,3D2,11D. The van der Waals surface area contributed by atoms with E-state index >= 15 is 0 Å². The summed E-state index contributed by atoms with van der Waals surface area (Å²) in [7, 11) is 0. The Labute approximate surface area is 112 Å². The Morgan fingerprint density at radius 2 is 2.41 bits per heavy atom. The summed E-state index contributed by atoms with van der Waals surface area (Å²) in [6.45, 7) is 0. The highest BCUT2D eigenvalue weighted by atomic mass is 35.5. The van der Waals surface area contributed by atoms with E-state index in [1.807, 2.05) is 0 Å². The molecule has 0 aromatic heterocycles. The van der Waals surface area contributed by atoms with Gasteiger partial charge in [-0.05, 0) is 60.0 Å². The van der Waals surface area contributed by atoms with Crippen molar-refractivity contribution < 1.29 is 11.6 Å². The molecular formula is C14H14ClNO. The van der Waals surface area contributed by atoms with Crippen LogP contribution >= 0.6 is 11.6 Å². The molecule has 0 spiro atoms. The summed E-state index contributed by atoms with van der Waals surface area (Å²) in [6.07, 6.45) is -5.09. The van der Waals surface area contributed by atoms with Gasteiger partial charge in [0, 0.05) is 11.9 Å². The number of primary amides is 1. The van der Waals surface area contributed by atoms with Gasteiger partial charge in [0.2, 0.25) is 5.91 Å². The summed E-state index contributed by atoms with van der Waals surface area (Å²) in [4.78, 5) is 11.9. The summed E-state index contributed by atoms with van der Waals surface area (Å²) in [5, 5.41) is 0.469. The summed E-state index contributed by atoms with van der Waals surface area (Å²) >= 11 is 5.99. The fourth-order valence-corrected chi connectivity index (χ4v) is 2.56. The van der Waals surface area contributed by atoms with Gasteiger partial charge >= 0.3 is 0 Å². The van der Waals surface area contributed by atoms with E-state index in [4.69, 9.17) is 24.2 Å². The molecule has 3 heteroatoms. The fourth-order valence-electron chi connectivity index (χ4n) is 2.39. The molecule has 0 heterocycles. The number of benzene rings is 1. The van der Waals surface area contributed by atoms with Crippen molar-refractivity contribution in [3.63, 3.8) is 0 Å². The maximum Gasteiger partial charge on any atom is 0.224 e. The summed E-state index contributed by atoms with van der Waals surface area (Å²) in [5.74, 6) is -3.61. The van der Waals surface area contributed by atoms with E-state index in [-0.39, 0.29) is 18.4 Å². The zero-order chi connectivity index (χ0) is 16.5. The van der Waals surface area contributed by atoms with Crippen LogP contribution in [0.15, 0.2) is 23.8 Å². The van der Waals surface area contributed by atoms with E-state index < -0.39 is 24.5 Å². The van der Waals surface area contributed by atoms with E-state index in [0.717, 1.165) is 5.56 Å². The molecule has 2 nitrogen and oxygen atoms in total. The van der Waals surface area contributed by atoms with E-state index in [1.54, 1.807) is 18.2 Å². The molecule has 17 heavy (non-hydrogen) atoms. The van der Waals surface area contributed by atoms with Gasteiger partial charge < -0.3 is 5.73 Å². The highest BCUT2D eigenvalue weighted by Crippen LogP contribution is 2.44. The van der Waals surface area contributed by atoms with Crippen molar-refractivity contribution in [3.05, 3.63) is 39.9 Å². The van der Waals surface area contributed by atoms with Crippen LogP contribution in [-0.4, -0.2) is 5.91 Å². The second-order valence-electron chi connectivity index (χ2n) is 4.15. The number of amides is 1. The minimum Gasteiger partial charge on any atom is -0.369 e. The van der Waals surface area contributed by atoms with Crippen molar-refractivity contribution in [1.82, 2.24) is 0 Å². The smallest absolute Gasteiger partial charge is 0.224 e. The van der Waals surface area contributed by atoms with Gasteiger partial charge in [0.05, 0.1) is 5.89 Å². The Hall–Kier alpha value is -1.28. The van der Waals surface area contributed by atoms with Crippen molar-refractivity contribution in [2.24, 2.45) is 11.6 Å². The Morgan fingerprint density at radius 3 is 3.18 bits per heavy atom. The lowest BCUT2D eigenvalue weighted by Gasteiger charge is -2.22. The molecule has 0 saturated carbocycles. The lowest BCUT2D eigenvalue weighted by atomic mass is 9.82. The summed E-state index contributed by atoms with van der Waals surface area (Å²) in [5.41, 5.74) is 7.54. The maximum absolute atomic E-state index is 11.9. The Morgan fingerprint density at radius 1 is 1.59 bits per heavy atom. The largest absolute Gasteiger partial charge is 0.369 e. The summed E-state index contributed by atoms with van der Waals surface area (Å²) in [6, 6.07) is 5.10. The van der Waals surface area contributed by atoms with Crippen LogP contribution in [-0.2, 0) is 11.2 Å². The highest BCUT2D eigenvalue weighted by molar-refractivity contribution is 6.30. The number of halogens is 1. The molecule has 0 fully saturated rings. The van der Waals surface area contributed by atoms with E-state index in [0.29, 0.717) is 16.2 Å². The minimum absolute atomic E-state index is 0.212. The number of allylic oxidation sites excluding steroid dienone is 1. The number of carbonyl (C=O) groups is 1. The van der Waals surface area contributed by atoms with Gasteiger partial charge in [-0.15, -0.1) is 0 Å². The Balaban J connectivity index is 2.30. The predicted octanol–water partition coefficient (Wildman–Crippen LogP) is 2.94. The van der Waals surface area contributed by atoms with Crippen LogP contribution < -0.4 is 5.73 Å². The Bertz CT molecular complexity index is 730. The zero-order valence-corrected chi connectivity index (χ0v) is 9.77. The molecule has 0 saturated heterocycles. The van der Waals surface area contributed by atoms with E-state index in [1.165, 1.54) is 0 Å². The SMILES string of the molecule is [2H]C1([2H])CC2=C(Cc3ccc(Cl)cc32)C([2H])(C(N)=O)C1([2H])[2H]. The molecule has 3 rings (SSSR count). The van der Waals surface area contributed by atoms with Gasteiger partial charge in [-0.1, -0.05) is 17.7 Å². The van der Waals surface area contributed by atoms with Gasteiger partial charge in [0.1, 0.15) is 0 Å². The van der Waals surface area contributed by atoms with Crippen molar-refractivity contribution in [3.8, 4) is 0 Å². The fraction of sp³-hybridized carbons (Fsp3) is 0.357. The first kappa shape index (κ1) is 6.60. The van der Waals surface area contributed by atoms with Gasteiger partial charge in [-0.2, -0.15) is 0 Å². The normalized spacial score (nSPS) is 36.9. The van der Waals surface area contributed by atoms with Crippen molar-refractivity contribution >= 4 is 23.1 Å². The van der Waals surface area contributed by atoms with Crippen LogP contribution in [0.5, 0.6) is 0 Å². The molecule has 2 aliphatic rings. The number of rotatable bonds is 1. The maximum atomic E-state index is 11.9. The summed E-state index contributed by atoms with van der Waals surface area (Å²) < 4.78 is 40.6. The number of nitrogens with two attached hydrogens (primary N) is 1. The third-order valence-corrected chi connectivity index (χ3v) is 3.39. The second-order valence-corrected chi connectivity index (χ2v) is 4.59. The average molecular weight is 253 g/mol. The molecular weight excluding hydrogens is 234 g/mol. The lowest BCUT2D eigenvalue weighted by molar-refractivity contribution is -0.121. The molecule has 1 aromatic rings. The molecule has 1 aromatic carbocycles. The van der Waals surface area contributed by atoms with Gasteiger partial charge in [-0.3, -0.25) is 4.79 Å². The predicted molar refractivity (Wildman–Crippen MR) is 68.6 cm³/mol. The number of hydrogen-bond acceptors (Lipinski definition) is 1. The van der Waals surface area contributed by atoms with Crippen LogP contribution in [0.1, 0.15) is 37.1 Å². The molecule has 0 bridgehead atoms. The van der Waals surface area contributed by atoms with Crippen molar-refractivity contribution in [1.29, 1.82) is 0 Å². The molecule has 1 atom stereocenters. The van der Waals surface area contributed by atoms with Crippen LogP contribution in [0.3, 0.4) is 0 Å². The first-order valence-electron chi connectivity index (χ1n) is 7.83. The molecule has 1 amide bonds. The van der Waals surface area contributed by atoms with E-state index in [2.05, 4.69) is 0 Å². The Kier molecular flexibility index (Phi) is 1.51. The van der Waals surface area contributed by atoms with Gasteiger partial charge in [0.15, 0.2) is 0 Å². The molecule has 2 N–H and O–H groups in total. The average Bonchev–Trinajstić information content (AvgIpc) is 2.74. The number of fused-ring (bicyclic) bond motifs is 2. The van der Waals surface area contributed by atoms with Crippen molar-refractivity contribution in [2.75, 3.05) is 0 Å².